The molecule has 0 spiro atoms. The zero-order valence-corrected chi connectivity index (χ0v) is 18.4. The Morgan fingerprint density at radius 2 is 1.97 bits per heavy atom. The number of hydrogen-bond acceptors (Lipinski definition) is 7. The van der Waals surface area contributed by atoms with Gasteiger partial charge in [-0.15, -0.1) is 0 Å². The van der Waals surface area contributed by atoms with Crippen molar-refractivity contribution in [3.8, 4) is 5.75 Å². The fourth-order valence-electron chi connectivity index (χ4n) is 3.19. The van der Waals surface area contributed by atoms with Gasteiger partial charge < -0.3 is 14.5 Å². The molecule has 0 bridgehead atoms. The second kappa shape index (κ2) is 8.76. The van der Waals surface area contributed by atoms with Gasteiger partial charge in [0.15, 0.2) is 0 Å². The first-order chi connectivity index (χ1) is 14.6. The fourth-order valence-corrected chi connectivity index (χ4v) is 3.68. The third-order valence-corrected chi connectivity index (χ3v) is 5.13. The molecule has 0 fully saturated rings. The Morgan fingerprint density at radius 3 is 2.58 bits per heavy atom. The lowest BCUT2D eigenvalue weighted by atomic mass is 10.0. The van der Waals surface area contributed by atoms with Gasteiger partial charge in [0.1, 0.15) is 22.7 Å². The highest BCUT2D eigenvalue weighted by atomic mass is 32.2. The van der Waals surface area contributed by atoms with Crippen LogP contribution in [0.5, 0.6) is 5.75 Å². The summed E-state index contributed by atoms with van der Waals surface area (Å²) in [5, 5.41) is 3.23. The highest BCUT2D eigenvalue weighted by Gasteiger charge is 2.18. The monoisotopic (exact) mass is 445 g/mol. The Labute approximate surface area is 179 Å². The standard InChI is InChI=1S/C21H23N3O6S/c1-5-6-14-17(29-3)9-7-13-11-15(21(26)30-19(13)14)20(25)23-16-8-10-18(22-12(16)2)24-31(4,27)28/h7-11H,5-6H2,1-4H3,(H,22,24)(H,23,25). The van der Waals surface area contributed by atoms with Crippen LogP contribution >= 0.6 is 0 Å². The van der Waals surface area contributed by atoms with E-state index in [0.717, 1.165) is 18.2 Å². The maximum Gasteiger partial charge on any atom is 0.349 e. The van der Waals surface area contributed by atoms with Gasteiger partial charge in [-0.2, -0.15) is 0 Å². The highest BCUT2D eigenvalue weighted by molar-refractivity contribution is 7.92. The summed E-state index contributed by atoms with van der Waals surface area (Å²) in [6.45, 7) is 3.61. The number of carbonyl (C=O) groups is 1. The minimum Gasteiger partial charge on any atom is -0.496 e. The molecule has 9 nitrogen and oxygen atoms in total. The number of pyridine rings is 1. The lowest BCUT2D eigenvalue weighted by molar-refractivity contribution is 0.102. The van der Waals surface area contributed by atoms with Crippen molar-refractivity contribution in [1.29, 1.82) is 0 Å². The average Bonchev–Trinajstić information content (AvgIpc) is 2.69. The van der Waals surface area contributed by atoms with Gasteiger partial charge in [0.25, 0.3) is 5.91 Å². The number of aryl methyl sites for hydroxylation is 2. The Bertz CT molecular complexity index is 1310. The molecular formula is C21H23N3O6S. The van der Waals surface area contributed by atoms with Crippen molar-refractivity contribution in [3.63, 3.8) is 0 Å². The SMILES string of the molecule is CCCc1c(OC)ccc2cc(C(=O)Nc3ccc(NS(C)(=O)=O)nc3C)c(=O)oc12. The van der Waals surface area contributed by atoms with Crippen molar-refractivity contribution < 1.29 is 22.4 Å². The number of carbonyl (C=O) groups excluding carboxylic acids is 1. The number of rotatable bonds is 7. The van der Waals surface area contributed by atoms with Crippen LogP contribution in [-0.2, 0) is 16.4 Å². The number of methoxy groups -OCH3 is 1. The summed E-state index contributed by atoms with van der Waals surface area (Å²) in [6.07, 6.45) is 2.51. The summed E-state index contributed by atoms with van der Waals surface area (Å²) in [5.74, 6) is 0.0945. The van der Waals surface area contributed by atoms with Crippen LogP contribution in [0.25, 0.3) is 11.0 Å². The molecule has 0 radical (unpaired) electrons. The van der Waals surface area contributed by atoms with Gasteiger partial charge in [0.2, 0.25) is 10.0 Å². The summed E-state index contributed by atoms with van der Waals surface area (Å²) in [5.41, 5.74) is 0.971. The van der Waals surface area contributed by atoms with E-state index >= 15 is 0 Å². The minimum atomic E-state index is -3.47. The van der Waals surface area contributed by atoms with E-state index in [9.17, 15) is 18.0 Å². The summed E-state index contributed by atoms with van der Waals surface area (Å²) in [4.78, 5) is 29.4. The Balaban J connectivity index is 1.94. The molecule has 10 heteroatoms. The van der Waals surface area contributed by atoms with Gasteiger partial charge in [-0.3, -0.25) is 9.52 Å². The number of ether oxygens (including phenoxy) is 1. The largest absolute Gasteiger partial charge is 0.496 e. The minimum absolute atomic E-state index is 0.126. The van der Waals surface area contributed by atoms with E-state index in [1.54, 1.807) is 26.2 Å². The van der Waals surface area contributed by atoms with Crippen LogP contribution in [0.3, 0.4) is 0 Å². The van der Waals surface area contributed by atoms with Crippen molar-refractivity contribution in [2.75, 3.05) is 23.4 Å². The molecule has 31 heavy (non-hydrogen) atoms. The quantitative estimate of drug-likeness (QED) is 0.535. The van der Waals surface area contributed by atoms with Crippen molar-refractivity contribution in [2.45, 2.75) is 26.7 Å². The Morgan fingerprint density at radius 1 is 1.23 bits per heavy atom. The lowest BCUT2D eigenvalue weighted by Crippen LogP contribution is -2.21. The molecule has 0 aliphatic rings. The zero-order valence-electron chi connectivity index (χ0n) is 17.6. The van der Waals surface area contributed by atoms with E-state index in [1.165, 1.54) is 18.2 Å². The maximum absolute atomic E-state index is 12.7. The Hall–Kier alpha value is -3.40. The molecule has 2 N–H and O–H groups in total. The van der Waals surface area contributed by atoms with E-state index in [-0.39, 0.29) is 11.4 Å². The topological polar surface area (TPSA) is 128 Å². The first-order valence-corrected chi connectivity index (χ1v) is 11.4. The number of amides is 1. The maximum atomic E-state index is 12.7. The normalized spacial score (nSPS) is 11.4. The fraction of sp³-hybridized carbons (Fsp3) is 0.286. The molecule has 0 aliphatic carbocycles. The van der Waals surface area contributed by atoms with Crippen molar-refractivity contribution in [3.05, 3.63) is 57.6 Å². The predicted octanol–water partition coefficient (Wildman–Crippen LogP) is 3.08. The van der Waals surface area contributed by atoms with Crippen LogP contribution in [0.2, 0.25) is 0 Å². The molecule has 1 aromatic carbocycles. The van der Waals surface area contributed by atoms with Crippen molar-refractivity contribution >= 4 is 38.4 Å². The van der Waals surface area contributed by atoms with Crippen LogP contribution in [-0.4, -0.2) is 32.7 Å². The number of sulfonamides is 1. The van der Waals surface area contributed by atoms with Crippen LogP contribution in [0.15, 0.2) is 39.5 Å². The molecule has 0 saturated carbocycles. The first kappa shape index (κ1) is 22.3. The number of anilines is 2. The molecule has 3 aromatic rings. The van der Waals surface area contributed by atoms with Gasteiger partial charge in [0.05, 0.1) is 24.7 Å². The van der Waals surface area contributed by atoms with Crippen LogP contribution in [0.4, 0.5) is 11.5 Å². The zero-order chi connectivity index (χ0) is 22.8. The summed E-state index contributed by atoms with van der Waals surface area (Å²) < 4.78 is 35.8. The highest BCUT2D eigenvalue weighted by Crippen LogP contribution is 2.29. The second-order valence-corrected chi connectivity index (χ2v) is 8.77. The molecule has 0 saturated heterocycles. The van der Waals surface area contributed by atoms with E-state index in [4.69, 9.17) is 9.15 Å². The number of hydrogen-bond donors (Lipinski definition) is 2. The smallest absolute Gasteiger partial charge is 0.349 e. The number of nitrogens with one attached hydrogen (secondary N) is 2. The van der Waals surface area contributed by atoms with Gasteiger partial charge in [-0.05, 0) is 43.7 Å². The van der Waals surface area contributed by atoms with E-state index < -0.39 is 21.6 Å². The average molecular weight is 445 g/mol. The van der Waals surface area contributed by atoms with E-state index in [1.807, 2.05) is 6.92 Å². The molecular weight excluding hydrogens is 422 g/mol. The lowest BCUT2D eigenvalue weighted by Gasteiger charge is -2.12. The summed E-state index contributed by atoms with van der Waals surface area (Å²) in [7, 11) is -1.93. The van der Waals surface area contributed by atoms with Crippen molar-refractivity contribution in [2.24, 2.45) is 0 Å². The third kappa shape index (κ3) is 5.02. The predicted molar refractivity (Wildman–Crippen MR) is 118 cm³/mol. The number of fused-ring (bicyclic) bond motifs is 1. The molecule has 1 amide bonds. The van der Waals surface area contributed by atoms with Gasteiger partial charge >= 0.3 is 5.63 Å². The van der Waals surface area contributed by atoms with Gasteiger partial charge in [0, 0.05) is 10.9 Å². The van der Waals surface area contributed by atoms with Crippen LogP contribution in [0.1, 0.15) is 35.0 Å². The van der Waals surface area contributed by atoms with Gasteiger partial charge in [-0.1, -0.05) is 13.3 Å². The molecule has 2 aromatic heterocycles. The van der Waals surface area contributed by atoms with E-state index in [0.29, 0.717) is 34.5 Å². The number of nitrogens with zero attached hydrogens (tertiary/aromatic N) is 1. The molecule has 0 atom stereocenters. The molecule has 164 valence electrons. The molecule has 0 unspecified atom stereocenters. The Kier molecular flexibility index (Phi) is 6.30. The molecule has 3 rings (SSSR count). The van der Waals surface area contributed by atoms with Gasteiger partial charge in [-0.25, -0.2) is 18.2 Å². The first-order valence-electron chi connectivity index (χ1n) is 9.53. The summed E-state index contributed by atoms with van der Waals surface area (Å²) >= 11 is 0. The summed E-state index contributed by atoms with van der Waals surface area (Å²) in [6, 6.07) is 7.90. The van der Waals surface area contributed by atoms with E-state index in [2.05, 4.69) is 15.0 Å². The van der Waals surface area contributed by atoms with Crippen molar-refractivity contribution in [1.82, 2.24) is 4.98 Å². The third-order valence-electron chi connectivity index (χ3n) is 4.55. The van der Waals surface area contributed by atoms with Crippen LogP contribution in [0, 0.1) is 6.92 Å². The number of aromatic nitrogens is 1. The molecule has 0 aliphatic heterocycles. The van der Waals surface area contributed by atoms with Crippen LogP contribution < -0.4 is 20.4 Å². The number of benzene rings is 1. The second-order valence-electron chi connectivity index (χ2n) is 7.02. The molecule has 2 heterocycles.